The molecule has 3 rings (SSSR count). The van der Waals surface area contributed by atoms with E-state index in [-0.39, 0.29) is 12.5 Å². The molecule has 0 fully saturated rings. The highest BCUT2D eigenvalue weighted by molar-refractivity contribution is 6.07. The first-order valence-electron chi connectivity index (χ1n) is 7.90. The number of hydrogen-bond acceptors (Lipinski definition) is 5. The summed E-state index contributed by atoms with van der Waals surface area (Å²) in [5.41, 5.74) is 2.44. The Labute approximate surface area is 146 Å². The van der Waals surface area contributed by atoms with Crippen LogP contribution in [0.3, 0.4) is 0 Å². The Morgan fingerprint density at radius 3 is 2.52 bits per heavy atom. The number of hydrogen-bond donors (Lipinski definition) is 0. The van der Waals surface area contributed by atoms with Crippen molar-refractivity contribution in [3.8, 4) is 5.75 Å². The zero-order valence-corrected chi connectivity index (χ0v) is 14.4. The Bertz CT molecular complexity index is 872. The predicted octanol–water partition coefficient (Wildman–Crippen LogP) is 3.54. The van der Waals surface area contributed by atoms with E-state index in [4.69, 9.17) is 9.26 Å². The van der Waals surface area contributed by atoms with Gasteiger partial charge in [0, 0.05) is 19.7 Å². The highest BCUT2D eigenvalue weighted by Gasteiger charge is 2.18. The van der Waals surface area contributed by atoms with Crippen molar-refractivity contribution in [1.82, 2.24) is 10.1 Å². The summed E-state index contributed by atoms with van der Waals surface area (Å²) in [5.74, 6) is 1.24. The number of nitrogens with zero attached hydrogens (tertiary/aromatic N) is 3. The minimum absolute atomic E-state index is 0.135. The number of amides is 1. The van der Waals surface area contributed by atoms with Gasteiger partial charge < -0.3 is 14.2 Å². The summed E-state index contributed by atoms with van der Waals surface area (Å²) < 4.78 is 10.7. The second-order valence-corrected chi connectivity index (χ2v) is 5.71. The van der Waals surface area contributed by atoms with Gasteiger partial charge in [-0.2, -0.15) is 4.98 Å². The molecule has 0 spiro atoms. The van der Waals surface area contributed by atoms with Crippen LogP contribution in [0.2, 0.25) is 0 Å². The number of carbonyl (C=O) groups is 1. The third kappa shape index (κ3) is 3.85. The van der Waals surface area contributed by atoms with Gasteiger partial charge in [-0.25, -0.2) is 0 Å². The molecule has 0 bridgehead atoms. The number of benzene rings is 2. The second-order valence-electron chi connectivity index (χ2n) is 5.71. The van der Waals surface area contributed by atoms with E-state index in [2.05, 4.69) is 10.1 Å². The fourth-order valence-corrected chi connectivity index (χ4v) is 2.38. The Morgan fingerprint density at radius 2 is 1.84 bits per heavy atom. The number of carbonyl (C=O) groups excluding carboxylic acids is 1. The zero-order valence-electron chi connectivity index (χ0n) is 14.4. The molecule has 0 atom stereocenters. The molecule has 1 aromatic heterocycles. The zero-order chi connectivity index (χ0) is 17.8. The van der Waals surface area contributed by atoms with Crippen LogP contribution in [-0.2, 0) is 6.61 Å². The van der Waals surface area contributed by atoms with Crippen LogP contribution in [0, 0.1) is 13.8 Å². The Hall–Kier alpha value is -3.15. The molecule has 0 saturated heterocycles. The minimum atomic E-state index is -0.149. The fourth-order valence-electron chi connectivity index (χ4n) is 2.38. The maximum Gasteiger partial charge on any atom is 0.261 e. The van der Waals surface area contributed by atoms with E-state index in [0.717, 1.165) is 11.3 Å². The SMILES string of the molecule is Cc1ccc(N(C)C(=O)c2ccccc2OCc2noc(C)n2)cc1. The summed E-state index contributed by atoms with van der Waals surface area (Å²) in [6, 6.07) is 14.9. The molecule has 3 aromatic rings. The molecule has 1 heterocycles. The average molecular weight is 337 g/mol. The molecule has 0 aliphatic carbocycles. The quantitative estimate of drug-likeness (QED) is 0.712. The van der Waals surface area contributed by atoms with Crippen LogP contribution in [0.1, 0.15) is 27.6 Å². The Balaban J connectivity index is 1.79. The first kappa shape index (κ1) is 16.7. The van der Waals surface area contributed by atoms with Crippen LogP contribution in [0.5, 0.6) is 5.75 Å². The van der Waals surface area contributed by atoms with Gasteiger partial charge >= 0.3 is 0 Å². The molecule has 2 aromatic carbocycles. The molecule has 0 N–H and O–H groups in total. The highest BCUT2D eigenvalue weighted by Crippen LogP contribution is 2.23. The van der Waals surface area contributed by atoms with Crippen LogP contribution in [-0.4, -0.2) is 23.1 Å². The van der Waals surface area contributed by atoms with Crippen LogP contribution < -0.4 is 9.64 Å². The minimum Gasteiger partial charge on any atom is -0.485 e. The Morgan fingerprint density at radius 1 is 1.12 bits per heavy atom. The smallest absolute Gasteiger partial charge is 0.261 e. The van der Waals surface area contributed by atoms with E-state index in [0.29, 0.717) is 23.0 Å². The van der Waals surface area contributed by atoms with E-state index >= 15 is 0 Å². The largest absolute Gasteiger partial charge is 0.485 e. The molecular formula is C19H19N3O3. The van der Waals surface area contributed by atoms with Gasteiger partial charge in [0.1, 0.15) is 5.75 Å². The second kappa shape index (κ2) is 7.17. The standard InChI is InChI=1S/C19H19N3O3/c1-13-8-10-15(11-9-13)22(3)19(23)16-6-4-5-7-17(16)24-12-18-20-14(2)25-21-18/h4-11H,12H2,1-3H3. The van der Waals surface area contributed by atoms with Crippen LogP contribution in [0.15, 0.2) is 53.1 Å². The van der Waals surface area contributed by atoms with Gasteiger partial charge in [0.15, 0.2) is 6.61 Å². The maximum absolute atomic E-state index is 12.9. The lowest BCUT2D eigenvalue weighted by atomic mass is 10.1. The van der Waals surface area contributed by atoms with Gasteiger partial charge in [0.05, 0.1) is 5.56 Å². The summed E-state index contributed by atoms with van der Waals surface area (Å²) in [5, 5.41) is 3.79. The molecule has 0 aliphatic rings. The molecule has 0 saturated carbocycles. The topological polar surface area (TPSA) is 68.5 Å². The molecule has 6 nitrogen and oxygen atoms in total. The van der Waals surface area contributed by atoms with E-state index in [1.807, 2.05) is 43.3 Å². The fraction of sp³-hybridized carbons (Fsp3) is 0.211. The normalized spacial score (nSPS) is 10.5. The van der Waals surface area contributed by atoms with Crippen molar-refractivity contribution < 1.29 is 14.1 Å². The number of rotatable bonds is 5. The predicted molar refractivity (Wildman–Crippen MR) is 93.7 cm³/mol. The number of aryl methyl sites for hydroxylation is 2. The van der Waals surface area contributed by atoms with E-state index in [9.17, 15) is 4.79 Å². The molecule has 1 amide bonds. The van der Waals surface area contributed by atoms with Crippen molar-refractivity contribution in [2.24, 2.45) is 0 Å². The van der Waals surface area contributed by atoms with Crippen LogP contribution >= 0.6 is 0 Å². The molecule has 0 aliphatic heterocycles. The van der Waals surface area contributed by atoms with Crippen LogP contribution in [0.25, 0.3) is 0 Å². The summed E-state index contributed by atoms with van der Waals surface area (Å²) in [6.45, 7) is 3.86. The van der Waals surface area contributed by atoms with Gasteiger partial charge in [-0.3, -0.25) is 4.79 Å². The molecule has 0 radical (unpaired) electrons. The van der Waals surface area contributed by atoms with Gasteiger partial charge in [-0.05, 0) is 31.2 Å². The van der Waals surface area contributed by atoms with Crippen molar-refractivity contribution in [3.63, 3.8) is 0 Å². The van der Waals surface area contributed by atoms with Crippen molar-refractivity contribution in [2.45, 2.75) is 20.5 Å². The molecule has 6 heteroatoms. The lowest BCUT2D eigenvalue weighted by Crippen LogP contribution is -2.26. The van der Waals surface area contributed by atoms with Crippen molar-refractivity contribution in [3.05, 3.63) is 71.4 Å². The first-order valence-corrected chi connectivity index (χ1v) is 7.90. The van der Waals surface area contributed by atoms with Crippen molar-refractivity contribution in [2.75, 3.05) is 11.9 Å². The van der Waals surface area contributed by atoms with Gasteiger partial charge in [-0.1, -0.05) is 35.0 Å². The maximum atomic E-state index is 12.9. The summed E-state index contributed by atoms with van der Waals surface area (Å²) in [4.78, 5) is 18.6. The van der Waals surface area contributed by atoms with Crippen molar-refractivity contribution >= 4 is 11.6 Å². The van der Waals surface area contributed by atoms with Crippen LogP contribution in [0.4, 0.5) is 5.69 Å². The summed E-state index contributed by atoms with van der Waals surface area (Å²) in [7, 11) is 1.74. The molecule has 0 unspecified atom stereocenters. The molecular weight excluding hydrogens is 318 g/mol. The van der Waals surface area contributed by atoms with E-state index < -0.39 is 0 Å². The monoisotopic (exact) mass is 337 g/mol. The Kier molecular flexibility index (Phi) is 4.79. The van der Waals surface area contributed by atoms with Crippen molar-refractivity contribution in [1.29, 1.82) is 0 Å². The molecule has 128 valence electrons. The van der Waals surface area contributed by atoms with E-state index in [1.54, 1.807) is 31.0 Å². The number of anilines is 1. The first-order chi connectivity index (χ1) is 12.0. The summed E-state index contributed by atoms with van der Waals surface area (Å²) in [6.07, 6.45) is 0. The van der Waals surface area contributed by atoms with Gasteiger partial charge in [-0.15, -0.1) is 0 Å². The number of aromatic nitrogens is 2. The average Bonchev–Trinajstić information content (AvgIpc) is 3.05. The van der Waals surface area contributed by atoms with Gasteiger partial charge in [0.2, 0.25) is 11.7 Å². The third-order valence-corrected chi connectivity index (χ3v) is 3.77. The highest BCUT2D eigenvalue weighted by atomic mass is 16.5. The number of ether oxygens (including phenoxy) is 1. The lowest BCUT2D eigenvalue weighted by molar-refractivity contribution is 0.0988. The molecule has 25 heavy (non-hydrogen) atoms. The third-order valence-electron chi connectivity index (χ3n) is 3.77. The van der Waals surface area contributed by atoms with E-state index in [1.165, 1.54) is 0 Å². The lowest BCUT2D eigenvalue weighted by Gasteiger charge is -2.19. The summed E-state index contributed by atoms with van der Waals surface area (Å²) >= 11 is 0. The number of para-hydroxylation sites is 1. The van der Waals surface area contributed by atoms with Gasteiger partial charge in [0.25, 0.3) is 5.91 Å².